The first-order valence-corrected chi connectivity index (χ1v) is 7.58. The van der Waals surface area contributed by atoms with Crippen molar-refractivity contribution < 1.29 is 14.3 Å². The first-order chi connectivity index (χ1) is 9.53. The van der Waals surface area contributed by atoms with Crippen molar-refractivity contribution in [3.8, 4) is 5.75 Å². The molecule has 0 amide bonds. The highest BCUT2D eigenvalue weighted by Crippen LogP contribution is 2.28. The predicted molar refractivity (Wildman–Crippen MR) is 83.0 cm³/mol. The highest BCUT2D eigenvalue weighted by molar-refractivity contribution is 9.10. The van der Waals surface area contributed by atoms with Crippen LogP contribution in [0.25, 0.3) is 0 Å². The van der Waals surface area contributed by atoms with Gasteiger partial charge in [0.1, 0.15) is 11.8 Å². The van der Waals surface area contributed by atoms with Gasteiger partial charge in [0, 0.05) is 6.04 Å². The Kier molecular flexibility index (Phi) is 7.02. The Labute approximate surface area is 129 Å². The molecule has 0 aliphatic carbocycles. The van der Waals surface area contributed by atoms with E-state index in [0.29, 0.717) is 6.61 Å². The van der Waals surface area contributed by atoms with Crippen molar-refractivity contribution in [2.75, 3.05) is 13.7 Å². The Morgan fingerprint density at radius 3 is 2.60 bits per heavy atom. The fourth-order valence-corrected chi connectivity index (χ4v) is 2.35. The number of hydrogen-bond acceptors (Lipinski definition) is 4. The van der Waals surface area contributed by atoms with E-state index in [2.05, 4.69) is 28.2 Å². The molecule has 0 aromatic heterocycles. The summed E-state index contributed by atoms with van der Waals surface area (Å²) in [5.74, 6) is 0.477. The quantitative estimate of drug-likeness (QED) is 0.770. The maximum Gasteiger partial charge on any atom is 0.327 e. The fraction of sp³-hybridized carbons (Fsp3) is 0.533. The SMILES string of the molecule is CCOC(=O)C(NC(C)CC)c1ccc(OC)c(Br)c1. The first-order valence-electron chi connectivity index (χ1n) is 6.79. The summed E-state index contributed by atoms with van der Waals surface area (Å²) in [5.41, 5.74) is 0.858. The number of hydrogen-bond donors (Lipinski definition) is 1. The van der Waals surface area contributed by atoms with Crippen LogP contribution in [0.5, 0.6) is 5.75 Å². The van der Waals surface area contributed by atoms with Gasteiger partial charge in [0.15, 0.2) is 0 Å². The van der Waals surface area contributed by atoms with Crippen LogP contribution in [0.15, 0.2) is 22.7 Å². The molecule has 4 nitrogen and oxygen atoms in total. The molecule has 0 saturated carbocycles. The third-order valence-corrected chi connectivity index (χ3v) is 3.71. The lowest BCUT2D eigenvalue weighted by molar-refractivity contribution is -0.146. The molecule has 0 aliphatic rings. The summed E-state index contributed by atoms with van der Waals surface area (Å²) in [5, 5.41) is 3.30. The normalized spacial score (nSPS) is 13.7. The summed E-state index contributed by atoms with van der Waals surface area (Å²) in [6.45, 7) is 6.30. The molecule has 112 valence electrons. The summed E-state index contributed by atoms with van der Waals surface area (Å²) in [6, 6.07) is 5.36. The number of benzene rings is 1. The number of ether oxygens (including phenoxy) is 2. The number of carbonyl (C=O) groups excluding carboxylic acids is 1. The van der Waals surface area contributed by atoms with E-state index in [-0.39, 0.29) is 12.0 Å². The monoisotopic (exact) mass is 343 g/mol. The Hall–Kier alpha value is -1.07. The molecule has 1 N–H and O–H groups in total. The molecular weight excluding hydrogens is 322 g/mol. The van der Waals surface area contributed by atoms with Gasteiger partial charge in [0.05, 0.1) is 18.2 Å². The van der Waals surface area contributed by atoms with Crippen molar-refractivity contribution in [3.05, 3.63) is 28.2 Å². The number of rotatable bonds is 7. The van der Waals surface area contributed by atoms with E-state index in [1.165, 1.54) is 0 Å². The van der Waals surface area contributed by atoms with Gasteiger partial charge >= 0.3 is 5.97 Å². The molecule has 2 unspecified atom stereocenters. The molecule has 0 aliphatic heterocycles. The molecule has 2 atom stereocenters. The highest BCUT2D eigenvalue weighted by atomic mass is 79.9. The van der Waals surface area contributed by atoms with Crippen LogP contribution < -0.4 is 10.1 Å². The number of nitrogens with one attached hydrogen (secondary N) is 1. The number of halogens is 1. The van der Waals surface area contributed by atoms with Gasteiger partial charge in [-0.2, -0.15) is 0 Å². The third-order valence-electron chi connectivity index (χ3n) is 3.10. The van der Waals surface area contributed by atoms with Gasteiger partial charge in [-0.25, -0.2) is 4.79 Å². The highest BCUT2D eigenvalue weighted by Gasteiger charge is 2.23. The van der Waals surface area contributed by atoms with Crippen LogP contribution in [0.2, 0.25) is 0 Å². The lowest BCUT2D eigenvalue weighted by Gasteiger charge is -2.22. The third kappa shape index (κ3) is 4.49. The van der Waals surface area contributed by atoms with E-state index < -0.39 is 6.04 Å². The molecule has 0 radical (unpaired) electrons. The molecule has 1 aromatic rings. The van der Waals surface area contributed by atoms with Crippen LogP contribution >= 0.6 is 15.9 Å². The minimum atomic E-state index is -0.466. The van der Waals surface area contributed by atoms with Crippen LogP contribution in [-0.2, 0) is 9.53 Å². The smallest absolute Gasteiger partial charge is 0.327 e. The van der Waals surface area contributed by atoms with Gasteiger partial charge in [-0.3, -0.25) is 5.32 Å². The second-order valence-electron chi connectivity index (χ2n) is 4.56. The summed E-state index contributed by atoms with van der Waals surface area (Å²) >= 11 is 3.44. The number of methoxy groups -OCH3 is 1. The summed E-state index contributed by atoms with van der Waals surface area (Å²) in [4.78, 5) is 12.1. The maximum atomic E-state index is 12.1. The predicted octanol–water partition coefficient (Wildman–Crippen LogP) is 3.45. The minimum absolute atomic E-state index is 0.227. The lowest BCUT2D eigenvalue weighted by atomic mass is 10.1. The van der Waals surface area contributed by atoms with Gasteiger partial charge < -0.3 is 9.47 Å². The summed E-state index contributed by atoms with van der Waals surface area (Å²) < 4.78 is 11.2. The van der Waals surface area contributed by atoms with Crippen molar-refractivity contribution in [2.45, 2.75) is 39.3 Å². The fourth-order valence-electron chi connectivity index (χ4n) is 1.79. The van der Waals surface area contributed by atoms with Gasteiger partial charge in [-0.15, -0.1) is 0 Å². The van der Waals surface area contributed by atoms with Crippen LogP contribution in [0.3, 0.4) is 0 Å². The largest absolute Gasteiger partial charge is 0.496 e. The Bertz CT molecular complexity index is 451. The molecule has 0 fully saturated rings. The second-order valence-corrected chi connectivity index (χ2v) is 5.41. The zero-order chi connectivity index (χ0) is 15.1. The molecule has 5 heteroatoms. The van der Waals surface area contributed by atoms with E-state index in [1.807, 2.05) is 32.0 Å². The first kappa shape index (κ1) is 17.0. The summed E-state index contributed by atoms with van der Waals surface area (Å²) in [6.07, 6.45) is 0.938. The van der Waals surface area contributed by atoms with E-state index >= 15 is 0 Å². The van der Waals surface area contributed by atoms with E-state index in [1.54, 1.807) is 7.11 Å². The molecule has 1 aromatic carbocycles. The van der Waals surface area contributed by atoms with Crippen LogP contribution in [0, 0.1) is 0 Å². The van der Waals surface area contributed by atoms with Crippen molar-refractivity contribution in [1.29, 1.82) is 0 Å². The van der Waals surface area contributed by atoms with Gasteiger partial charge in [0.2, 0.25) is 0 Å². The van der Waals surface area contributed by atoms with Crippen LogP contribution in [-0.4, -0.2) is 25.7 Å². The topological polar surface area (TPSA) is 47.6 Å². The van der Waals surface area contributed by atoms with Gasteiger partial charge in [-0.05, 0) is 53.9 Å². The molecule has 0 saturated heterocycles. The Morgan fingerprint density at radius 1 is 1.40 bits per heavy atom. The van der Waals surface area contributed by atoms with Crippen molar-refractivity contribution >= 4 is 21.9 Å². The lowest BCUT2D eigenvalue weighted by Crippen LogP contribution is -2.36. The van der Waals surface area contributed by atoms with Crippen LogP contribution in [0.4, 0.5) is 0 Å². The van der Waals surface area contributed by atoms with E-state index in [0.717, 1.165) is 22.2 Å². The number of carbonyl (C=O) groups is 1. The average Bonchev–Trinajstić information content (AvgIpc) is 2.44. The van der Waals surface area contributed by atoms with Crippen LogP contribution in [0.1, 0.15) is 38.8 Å². The molecule has 0 spiro atoms. The molecule has 0 bridgehead atoms. The average molecular weight is 344 g/mol. The summed E-state index contributed by atoms with van der Waals surface area (Å²) in [7, 11) is 1.61. The molecule has 20 heavy (non-hydrogen) atoms. The maximum absolute atomic E-state index is 12.1. The zero-order valence-electron chi connectivity index (χ0n) is 12.4. The molecule has 0 heterocycles. The van der Waals surface area contributed by atoms with Gasteiger partial charge in [-0.1, -0.05) is 13.0 Å². The van der Waals surface area contributed by atoms with Crippen molar-refractivity contribution in [1.82, 2.24) is 5.32 Å². The molecule has 1 rings (SSSR count). The standard InChI is InChI=1S/C15H22BrNO3/c1-5-10(3)17-14(15(18)20-6-2)11-7-8-13(19-4)12(16)9-11/h7-10,14,17H,5-6H2,1-4H3. The second kappa shape index (κ2) is 8.27. The van der Waals surface area contributed by atoms with Crippen molar-refractivity contribution in [2.24, 2.45) is 0 Å². The number of esters is 1. The zero-order valence-corrected chi connectivity index (χ0v) is 14.0. The Morgan fingerprint density at radius 2 is 2.10 bits per heavy atom. The molecular formula is C15H22BrNO3. The Balaban J connectivity index is 3.02. The van der Waals surface area contributed by atoms with E-state index in [9.17, 15) is 4.79 Å². The van der Waals surface area contributed by atoms with E-state index in [4.69, 9.17) is 9.47 Å². The minimum Gasteiger partial charge on any atom is -0.496 e. The van der Waals surface area contributed by atoms with Crippen molar-refractivity contribution in [3.63, 3.8) is 0 Å². The van der Waals surface area contributed by atoms with Gasteiger partial charge in [0.25, 0.3) is 0 Å².